The molecule has 0 radical (unpaired) electrons. The summed E-state index contributed by atoms with van der Waals surface area (Å²) in [4.78, 5) is 6.70. The van der Waals surface area contributed by atoms with Crippen LogP contribution in [0.3, 0.4) is 0 Å². The summed E-state index contributed by atoms with van der Waals surface area (Å²) in [6.45, 7) is 2.50. The quantitative estimate of drug-likeness (QED) is 0.424. The van der Waals surface area contributed by atoms with E-state index in [1.165, 1.54) is 0 Å². The van der Waals surface area contributed by atoms with Crippen molar-refractivity contribution in [1.82, 2.24) is 19.5 Å². The third kappa shape index (κ3) is 4.55. The zero-order valence-corrected chi connectivity index (χ0v) is 19.4. The van der Waals surface area contributed by atoms with Crippen LogP contribution in [-0.4, -0.2) is 67.1 Å². The van der Waals surface area contributed by atoms with Gasteiger partial charge in [0, 0.05) is 23.9 Å². The Morgan fingerprint density at radius 2 is 1.85 bits per heavy atom. The van der Waals surface area contributed by atoms with Crippen LogP contribution in [0.2, 0.25) is 0 Å². The van der Waals surface area contributed by atoms with Crippen LogP contribution in [0.15, 0.2) is 54.6 Å². The molecule has 0 atom stereocenters. The molecule has 5 rings (SSSR count). The van der Waals surface area contributed by atoms with Gasteiger partial charge in [-0.05, 0) is 56.6 Å². The third-order valence-electron chi connectivity index (χ3n) is 5.41. The van der Waals surface area contributed by atoms with Crippen molar-refractivity contribution in [1.29, 1.82) is 0 Å². The maximum atomic E-state index is 5.85. The van der Waals surface area contributed by atoms with Gasteiger partial charge in [0.2, 0.25) is 5.95 Å². The molecule has 0 saturated carbocycles. The summed E-state index contributed by atoms with van der Waals surface area (Å²) in [6.07, 6.45) is 0. The van der Waals surface area contributed by atoms with Crippen LogP contribution in [0.25, 0.3) is 16.9 Å². The van der Waals surface area contributed by atoms with Gasteiger partial charge in [0.15, 0.2) is 28.6 Å². The van der Waals surface area contributed by atoms with Crippen molar-refractivity contribution >= 4 is 17.3 Å². The number of anilines is 2. The average molecular weight is 462 g/mol. The van der Waals surface area contributed by atoms with E-state index in [0.29, 0.717) is 37.3 Å². The summed E-state index contributed by atoms with van der Waals surface area (Å²) < 4.78 is 24.6. The van der Waals surface area contributed by atoms with Crippen LogP contribution < -0.4 is 24.3 Å². The zero-order chi connectivity index (χ0) is 23.5. The smallest absolute Gasteiger partial charge is 0.247 e. The monoisotopic (exact) mass is 461 g/mol. The number of ether oxygens (including phenoxy) is 4. The Kier molecular flexibility index (Phi) is 6.09. The number of rotatable bonds is 8. The molecule has 1 aliphatic heterocycles. The highest BCUT2D eigenvalue weighted by Gasteiger charge is 2.15. The van der Waals surface area contributed by atoms with Crippen LogP contribution in [0.1, 0.15) is 0 Å². The zero-order valence-electron chi connectivity index (χ0n) is 19.4. The minimum atomic E-state index is 0.480. The van der Waals surface area contributed by atoms with E-state index in [1.54, 1.807) is 7.11 Å². The van der Waals surface area contributed by atoms with E-state index in [1.807, 2.05) is 73.2 Å². The maximum absolute atomic E-state index is 5.85. The highest BCUT2D eigenvalue weighted by atomic mass is 16.6. The molecule has 3 heterocycles. The molecule has 1 N–H and O–H groups in total. The number of fused-ring (bicyclic) bond motifs is 2. The van der Waals surface area contributed by atoms with Gasteiger partial charge in [0.1, 0.15) is 19.8 Å². The summed E-state index contributed by atoms with van der Waals surface area (Å²) in [5, 5.41) is 7.95. The second kappa shape index (κ2) is 9.48. The SMILES string of the molecule is COc1cc(Nc2nc3cccc(-c4ccc5c(c4)OCCO5)n3n2)ccc1OCCN(C)C. The van der Waals surface area contributed by atoms with E-state index in [2.05, 4.69) is 20.3 Å². The Hall–Kier alpha value is -3.98. The van der Waals surface area contributed by atoms with E-state index in [4.69, 9.17) is 18.9 Å². The van der Waals surface area contributed by atoms with Gasteiger partial charge in [-0.25, -0.2) is 4.52 Å². The molecule has 0 amide bonds. The molecule has 4 aromatic rings. The van der Waals surface area contributed by atoms with Crippen LogP contribution in [0, 0.1) is 0 Å². The Labute approximate surface area is 197 Å². The van der Waals surface area contributed by atoms with Gasteiger partial charge in [-0.3, -0.25) is 0 Å². The molecule has 9 heteroatoms. The molecule has 0 unspecified atom stereocenters. The number of nitrogens with one attached hydrogen (secondary N) is 1. The normalized spacial score (nSPS) is 12.7. The molecule has 34 heavy (non-hydrogen) atoms. The lowest BCUT2D eigenvalue weighted by Crippen LogP contribution is -2.19. The van der Waals surface area contributed by atoms with Crippen LogP contribution in [0.5, 0.6) is 23.0 Å². The van der Waals surface area contributed by atoms with Crippen molar-refractivity contribution in [2.24, 2.45) is 0 Å². The minimum Gasteiger partial charge on any atom is -0.493 e. The molecular weight excluding hydrogens is 434 g/mol. The number of hydrogen-bond acceptors (Lipinski definition) is 8. The first kappa shape index (κ1) is 21.8. The number of aromatic nitrogens is 3. The lowest BCUT2D eigenvalue weighted by atomic mass is 10.1. The second-order valence-electron chi connectivity index (χ2n) is 8.12. The van der Waals surface area contributed by atoms with Crippen molar-refractivity contribution in [3.05, 3.63) is 54.6 Å². The van der Waals surface area contributed by atoms with E-state index in [-0.39, 0.29) is 0 Å². The summed E-state index contributed by atoms with van der Waals surface area (Å²) in [7, 11) is 5.64. The topological polar surface area (TPSA) is 82.4 Å². The van der Waals surface area contributed by atoms with E-state index in [0.717, 1.165) is 40.6 Å². The summed E-state index contributed by atoms with van der Waals surface area (Å²) in [6, 6.07) is 17.4. The fourth-order valence-corrected chi connectivity index (χ4v) is 3.71. The van der Waals surface area contributed by atoms with Gasteiger partial charge in [-0.2, -0.15) is 4.98 Å². The first-order valence-corrected chi connectivity index (χ1v) is 11.1. The molecule has 0 saturated heterocycles. The van der Waals surface area contributed by atoms with Gasteiger partial charge in [-0.15, -0.1) is 5.10 Å². The number of nitrogens with zero attached hydrogens (tertiary/aromatic N) is 4. The molecule has 0 bridgehead atoms. The highest BCUT2D eigenvalue weighted by Crippen LogP contribution is 2.35. The first-order valence-electron chi connectivity index (χ1n) is 11.1. The third-order valence-corrected chi connectivity index (χ3v) is 5.41. The fourth-order valence-electron chi connectivity index (χ4n) is 3.71. The molecule has 1 aliphatic rings. The predicted octanol–water partition coefficient (Wildman–Crippen LogP) is 3.86. The largest absolute Gasteiger partial charge is 0.493 e. The van der Waals surface area contributed by atoms with Crippen LogP contribution in [-0.2, 0) is 0 Å². The lowest BCUT2D eigenvalue weighted by Gasteiger charge is -2.19. The van der Waals surface area contributed by atoms with Crippen LogP contribution in [0.4, 0.5) is 11.6 Å². The van der Waals surface area contributed by atoms with Crippen molar-refractivity contribution < 1.29 is 18.9 Å². The molecule has 2 aromatic heterocycles. The van der Waals surface area contributed by atoms with Gasteiger partial charge in [0.25, 0.3) is 0 Å². The molecule has 0 spiro atoms. The number of likely N-dealkylation sites (N-methyl/N-ethyl adjacent to an activating group) is 1. The molecule has 9 nitrogen and oxygen atoms in total. The van der Waals surface area contributed by atoms with E-state index < -0.39 is 0 Å². The Morgan fingerprint density at radius 1 is 1.00 bits per heavy atom. The molecular formula is C25H27N5O4. The number of hydrogen-bond donors (Lipinski definition) is 1. The molecule has 0 aliphatic carbocycles. The van der Waals surface area contributed by atoms with Crippen LogP contribution >= 0.6 is 0 Å². The number of benzene rings is 2. The van der Waals surface area contributed by atoms with E-state index in [9.17, 15) is 0 Å². The summed E-state index contributed by atoms with van der Waals surface area (Å²) in [5.74, 6) is 3.31. The maximum Gasteiger partial charge on any atom is 0.247 e. The lowest BCUT2D eigenvalue weighted by molar-refractivity contribution is 0.171. The van der Waals surface area contributed by atoms with Gasteiger partial charge in [-0.1, -0.05) is 6.07 Å². The Morgan fingerprint density at radius 3 is 2.68 bits per heavy atom. The van der Waals surface area contributed by atoms with Crippen molar-refractivity contribution in [3.8, 4) is 34.3 Å². The Bertz CT molecular complexity index is 1300. The first-order chi connectivity index (χ1) is 16.6. The highest BCUT2D eigenvalue weighted by molar-refractivity contribution is 5.68. The Balaban J connectivity index is 1.39. The number of methoxy groups -OCH3 is 1. The standard InChI is InChI=1S/C25H27N5O4/c1-29(2)11-12-32-20-10-8-18(16-22(20)31-3)26-25-27-24-6-4-5-19(30(24)28-25)17-7-9-21-23(15-17)34-14-13-33-21/h4-10,15-16H,11-14H2,1-3H3,(H,26,28). The molecule has 0 fully saturated rings. The van der Waals surface area contributed by atoms with Crippen molar-refractivity contribution in [3.63, 3.8) is 0 Å². The molecule has 176 valence electrons. The van der Waals surface area contributed by atoms with Gasteiger partial charge < -0.3 is 29.2 Å². The predicted molar refractivity (Wildman–Crippen MR) is 130 cm³/mol. The van der Waals surface area contributed by atoms with Crippen molar-refractivity contribution in [2.45, 2.75) is 0 Å². The summed E-state index contributed by atoms with van der Waals surface area (Å²) >= 11 is 0. The molecule has 2 aromatic carbocycles. The average Bonchev–Trinajstić information content (AvgIpc) is 3.26. The minimum absolute atomic E-state index is 0.480. The van der Waals surface area contributed by atoms with Crippen molar-refractivity contribution in [2.75, 3.05) is 52.9 Å². The van der Waals surface area contributed by atoms with Gasteiger partial charge >= 0.3 is 0 Å². The second-order valence-corrected chi connectivity index (χ2v) is 8.12. The summed E-state index contributed by atoms with van der Waals surface area (Å²) in [5.41, 5.74) is 3.39. The fraction of sp³-hybridized carbons (Fsp3) is 0.280. The van der Waals surface area contributed by atoms with E-state index >= 15 is 0 Å². The number of pyridine rings is 1. The van der Waals surface area contributed by atoms with Gasteiger partial charge in [0.05, 0.1) is 12.8 Å².